The number of hydrogen-bond acceptors (Lipinski definition) is 5. The van der Waals surface area contributed by atoms with Gasteiger partial charge in [0.2, 0.25) is 0 Å². The normalized spacial score (nSPS) is 16.9. The largest absolute Gasteiger partial charge is 0.449 e. The topological polar surface area (TPSA) is 72.9 Å². The summed E-state index contributed by atoms with van der Waals surface area (Å²) >= 11 is 0. The van der Waals surface area contributed by atoms with Gasteiger partial charge in [0.25, 0.3) is 10.1 Å². The summed E-state index contributed by atoms with van der Waals surface area (Å²) in [4.78, 5) is 13.9. The first-order valence-electron chi connectivity index (χ1n) is 9.63. The number of aryl methyl sites for hydroxylation is 1. The molecule has 152 valence electrons. The molecule has 0 bridgehead atoms. The minimum absolute atomic E-state index is 0.0387. The molecule has 0 aromatic heterocycles. The number of piperidine rings is 1. The molecule has 7 heteroatoms. The van der Waals surface area contributed by atoms with Gasteiger partial charge in [0.05, 0.1) is 18.1 Å². The molecule has 1 aromatic rings. The highest BCUT2D eigenvalue weighted by Crippen LogP contribution is 2.35. The van der Waals surface area contributed by atoms with Crippen LogP contribution in [0.4, 0.5) is 4.79 Å². The Balaban J connectivity index is 1.78. The van der Waals surface area contributed by atoms with Crippen molar-refractivity contribution in [2.24, 2.45) is 5.41 Å². The first-order chi connectivity index (χ1) is 12.8. The van der Waals surface area contributed by atoms with E-state index in [2.05, 4.69) is 13.8 Å². The molecule has 0 spiro atoms. The van der Waals surface area contributed by atoms with Crippen LogP contribution >= 0.6 is 0 Å². The summed E-state index contributed by atoms with van der Waals surface area (Å²) in [5, 5.41) is 0. The van der Waals surface area contributed by atoms with Crippen molar-refractivity contribution < 1.29 is 22.1 Å². The zero-order chi connectivity index (χ0) is 19.9. The summed E-state index contributed by atoms with van der Waals surface area (Å²) in [6.07, 6.45) is 3.88. The van der Waals surface area contributed by atoms with Gasteiger partial charge in [-0.3, -0.25) is 4.18 Å². The SMILES string of the molecule is CCCCOC(=O)N1CCC(C)(CCOS(=O)(=O)c2ccc(C)cc2)CC1. The van der Waals surface area contributed by atoms with E-state index in [4.69, 9.17) is 8.92 Å². The number of likely N-dealkylation sites (tertiary alicyclic amines) is 1. The van der Waals surface area contributed by atoms with Crippen LogP contribution in [0, 0.1) is 12.3 Å². The van der Waals surface area contributed by atoms with Crippen LogP contribution < -0.4 is 0 Å². The molecule has 1 aliphatic rings. The van der Waals surface area contributed by atoms with Crippen molar-refractivity contribution in [1.29, 1.82) is 0 Å². The van der Waals surface area contributed by atoms with Crippen molar-refractivity contribution >= 4 is 16.2 Å². The maximum absolute atomic E-state index is 12.3. The summed E-state index contributed by atoms with van der Waals surface area (Å²) < 4.78 is 35.0. The van der Waals surface area contributed by atoms with E-state index in [0.29, 0.717) is 26.1 Å². The van der Waals surface area contributed by atoms with Gasteiger partial charge in [-0.2, -0.15) is 8.42 Å². The number of carbonyl (C=O) groups excluding carboxylic acids is 1. The first kappa shape index (κ1) is 21.7. The standard InChI is InChI=1S/C20H31NO5S/c1-4-5-15-25-19(22)21-13-10-20(3,11-14-21)12-16-26-27(23,24)18-8-6-17(2)7-9-18/h6-9H,4-5,10-16H2,1-3H3. The molecular formula is C20H31NO5S. The van der Waals surface area contributed by atoms with E-state index in [9.17, 15) is 13.2 Å². The number of amides is 1. The maximum Gasteiger partial charge on any atom is 0.409 e. The molecule has 2 rings (SSSR count). The van der Waals surface area contributed by atoms with Gasteiger partial charge < -0.3 is 9.64 Å². The minimum atomic E-state index is -3.73. The second-order valence-electron chi connectivity index (χ2n) is 7.60. The highest BCUT2D eigenvalue weighted by atomic mass is 32.2. The monoisotopic (exact) mass is 397 g/mol. The fourth-order valence-corrected chi connectivity index (χ4v) is 3.95. The Morgan fingerprint density at radius 2 is 1.78 bits per heavy atom. The first-order valence-corrected chi connectivity index (χ1v) is 11.0. The van der Waals surface area contributed by atoms with E-state index in [-0.39, 0.29) is 23.0 Å². The second-order valence-corrected chi connectivity index (χ2v) is 9.22. The smallest absolute Gasteiger partial charge is 0.409 e. The van der Waals surface area contributed by atoms with E-state index in [1.165, 1.54) is 0 Å². The molecule has 0 N–H and O–H groups in total. The number of nitrogens with zero attached hydrogens (tertiary/aromatic N) is 1. The predicted molar refractivity (Wildman–Crippen MR) is 104 cm³/mol. The van der Waals surface area contributed by atoms with E-state index in [0.717, 1.165) is 31.2 Å². The van der Waals surface area contributed by atoms with Crippen molar-refractivity contribution in [1.82, 2.24) is 4.90 Å². The lowest BCUT2D eigenvalue weighted by Crippen LogP contribution is -2.42. The number of carbonyl (C=O) groups is 1. The predicted octanol–water partition coefficient (Wildman–Crippen LogP) is 4.13. The number of rotatable bonds is 8. The minimum Gasteiger partial charge on any atom is -0.449 e. The van der Waals surface area contributed by atoms with Crippen LogP contribution in [-0.4, -0.2) is 45.7 Å². The Bertz CT molecular complexity index is 706. The number of unbranched alkanes of at least 4 members (excludes halogenated alkanes) is 1. The molecule has 1 saturated heterocycles. The average molecular weight is 398 g/mol. The quantitative estimate of drug-likeness (QED) is 0.487. The molecule has 0 unspecified atom stereocenters. The molecule has 1 aliphatic heterocycles. The van der Waals surface area contributed by atoms with Gasteiger partial charge in [0.1, 0.15) is 0 Å². The lowest BCUT2D eigenvalue weighted by molar-refractivity contribution is 0.0627. The number of benzene rings is 1. The third kappa shape index (κ3) is 6.50. The average Bonchev–Trinajstić information content (AvgIpc) is 2.62. The van der Waals surface area contributed by atoms with Crippen molar-refractivity contribution in [2.45, 2.75) is 57.8 Å². The summed E-state index contributed by atoms with van der Waals surface area (Å²) in [5.41, 5.74) is 0.963. The van der Waals surface area contributed by atoms with Gasteiger partial charge in [0, 0.05) is 13.1 Å². The lowest BCUT2D eigenvalue weighted by Gasteiger charge is -2.38. The molecular weight excluding hydrogens is 366 g/mol. The molecule has 0 atom stereocenters. The molecule has 6 nitrogen and oxygen atoms in total. The van der Waals surface area contributed by atoms with Crippen molar-refractivity contribution in [3.8, 4) is 0 Å². The van der Waals surface area contributed by atoms with Gasteiger partial charge >= 0.3 is 6.09 Å². The Morgan fingerprint density at radius 1 is 1.15 bits per heavy atom. The van der Waals surface area contributed by atoms with Crippen LogP contribution in [-0.2, 0) is 19.0 Å². The van der Waals surface area contributed by atoms with Crippen LogP contribution in [0.5, 0.6) is 0 Å². The van der Waals surface area contributed by atoms with Crippen LogP contribution in [0.15, 0.2) is 29.2 Å². The zero-order valence-corrected chi connectivity index (χ0v) is 17.4. The van der Waals surface area contributed by atoms with Gasteiger partial charge in [-0.1, -0.05) is 38.0 Å². The van der Waals surface area contributed by atoms with Gasteiger partial charge in [-0.05, 0) is 50.2 Å². The van der Waals surface area contributed by atoms with Gasteiger partial charge in [-0.15, -0.1) is 0 Å². The summed E-state index contributed by atoms with van der Waals surface area (Å²) in [5.74, 6) is 0. The highest BCUT2D eigenvalue weighted by Gasteiger charge is 2.32. The van der Waals surface area contributed by atoms with Gasteiger partial charge in [-0.25, -0.2) is 4.79 Å². The maximum atomic E-state index is 12.3. The van der Waals surface area contributed by atoms with Crippen LogP contribution in [0.25, 0.3) is 0 Å². The molecule has 0 aliphatic carbocycles. The second kappa shape index (κ2) is 9.55. The van der Waals surface area contributed by atoms with Crippen molar-refractivity contribution in [3.63, 3.8) is 0 Å². The number of ether oxygens (including phenoxy) is 1. The summed E-state index contributed by atoms with van der Waals surface area (Å²) in [6, 6.07) is 6.64. The Labute approximate surface area is 163 Å². The van der Waals surface area contributed by atoms with E-state index < -0.39 is 10.1 Å². The van der Waals surface area contributed by atoms with E-state index >= 15 is 0 Å². The molecule has 0 saturated carbocycles. The molecule has 1 aromatic carbocycles. The lowest BCUT2D eigenvalue weighted by atomic mass is 9.78. The fourth-order valence-electron chi connectivity index (χ4n) is 3.04. The molecule has 27 heavy (non-hydrogen) atoms. The zero-order valence-electron chi connectivity index (χ0n) is 16.6. The molecule has 0 radical (unpaired) electrons. The fraction of sp³-hybridized carbons (Fsp3) is 0.650. The Morgan fingerprint density at radius 3 is 2.37 bits per heavy atom. The highest BCUT2D eigenvalue weighted by molar-refractivity contribution is 7.86. The van der Waals surface area contributed by atoms with Gasteiger partial charge in [0.15, 0.2) is 0 Å². The van der Waals surface area contributed by atoms with Crippen LogP contribution in [0.3, 0.4) is 0 Å². The third-order valence-corrected chi connectivity index (χ3v) is 6.53. The molecule has 1 heterocycles. The van der Waals surface area contributed by atoms with Crippen LogP contribution in [0.1, 0.15) is 51.5 Å². The van der Waals surface area contributed by atoms with E-state index in [1.54, 1.807) is 29.2 Å². The van der Waals surface area contributed by atoms with Crippen LogP contribution in [0.2, 0.25) is 0 Å². The molecule has 1 fully saturated rings. The van der Waals surface area contributed by atoms with E-state index in [1.807, 2.05) is 6.92 Å². The molecule has 1 amide bonds. The number of hydrogen-bond donors (Lipinski definition) is 0. The third-order valence-electron chi connectivity index (χ3n) is 5.21. The van der Waals surface area contributed by atoms with Crippen molar-refractivity contribution in [3.05, 3.63) is 29.8 Å². The summed E-state index contributed by atoms with van der Waals surface area (Å²) in [6.45, 7) is 7.96. The Hall–Kier alpha value is -1.60. The van der Waals surface area contributed by atoms with Crippen molar-refractivity contribution in [2.75, 3.05) is 26.3 Å². The Kier molecular flexibility index (Phi) is 7.68. The summed E-state index contributed by atoms with van der Waals surface area (Å²) in [7, 11) is -3.73.